The van der Waals surface area contributed by atoms with Crippen molar-refractivity contribution in [2.45, 2.75) is 32.4 Å². The lowest BCUT2D eigenvalue weighted by atomic mass is 10.2. The van der Waals surface area contributed by atoms with Crippen molar-refractivity contribution in [3.63, 3.8) is 0 Å². The van der Waals surface area contributed by atoms with Crippen LogP contribution in [0.25, 0.3) is 0 Å². The largest absolute Gasteiger partial charge is 0.405 e. The zero-order valence-corrected chi connectivity index (χ0v) is 18.1. The van der Waals surface area contributed by atoms with Gasteiger partial charge >= 0.3 is 0 Å². The van der Waals surface area contributed by atoms with Crippen LogP contribution in [0.3, 0.4) is 0 Å². The minimum absolute atomic E-state index is 0.00482. The third kappa shape index (κ3) is 4.61. The summed E-state index contributed by atoms with van der Waals surface area (Å²) in [6.45, 7) is 8.67. The standard InChI is InChI=1S/C25H30O2Si/c1-25(2,3)28(23-15-9-5-10-16-23,24-17-11-6-12-18-24)27-20-19-26-21-22-13-7-4-8-14-22/h4-18H,19-21H2,1-3H3. The van der Waals surface area contributed by atoms with Gasteiger partial charge in [0.1, 0.15) is 0 Å². The highest BCUT2D eigenvalue weighted by Crippen LogP contribution is 2.36. The number of rotatable bonds is 8. The van der Waals surface area contributed by atoms with E-state index >= 15 is 0 Å². The first-order valence-electron chi connectivity index (χ1n) is 9.91. The monoisotopic (exact) mass is 390 g/mol. The van der Waals surface area contributed by atoms with E-state index in [9.17, 15) is 0 Å². The SMILES string of the molecule is CC(C)(C)[Si](OCCOCc1ccccc1)(c1ccccc1)c1ccccc1. The lowest BCUT2D eigenvalue weighted by Gasteiger charge is -2.43. The third-order valence-electron chi connectivity index (χ3n) is 5.07. The van der Waals surface area contributed by atoms with Crippen molar-refractivity contribution in [2.24, 2.45) is 0 Å². The van der Waals surface area contributed by atoms with Gasteiger partial charge in [0.25, 0.3) is 8.32 Å². The average molecular weight is 391 g/mol. The second-order valence-electron chi connectivity index (χ2n) is 8.05. The molecule has 0 atom stereocenters. The normalized spacial score (nSPS) is 12.1. The Balaban J connectivity index is 1.80. The van der Waals surface area contributed by atoms with Crippen LogP contribution < -0.4 is 10.4 Å². The van der Waals surface area contributed by atoms with Gasteiger partial charge in [-0.3, -0.25) is 0 Å². The zero-order valence-electron chi connectivity index (χ0n) is 17.1. The molecule has 0 aliphatic heterocycles. The van der Waals surface area contributed by atoms with Crippen LogP contribution in [0.2, 0.25) is 5.04 Å². The van der Waals surface area contributed by atoms with Gasteiger partial charge < -0.3 is 9.16 Å². The van der Waals surface area contributed by atoms with Crippen molar-refractivity contribution < 1.29 is 9.16 Å². The van der Waals surface area contributed by atoms with Crippen LogP contribution in [-0.4, -0.2) is 21.5 Å². The van der Waals surface area contributed by atoms with Crippen LogP contribution >= 0.6 is 0 Å². The second kappa shape index (κ2) is 9.33. The van der Waals surface area contributed by atoms with Crippen molar-refractivity contribution >= 4 is 18.7 Å². The molecule has 3 rings (SSSR count). The van der Waals surface area contributed by atoms with Crippen LogP contribution in [0.15, 0.2) is 91.0 Å². The minimum atomic E-state index is -2.46. The summed E-state index contributed by atoms with van der Waals surface area (Å²) in [6, 6.07) is 31.7. The first-order valence-corrected chi connectivity index (χ1v) is 11.8. The van der Waals surface area contributed by atoms with Crippen LogP contribution in [0, 0.1) is 0 Å². The fourth-order valence-electron chi connectivity index (χ4n) is 3.78. The topological polar surface area (TPSA) is 18.5 Å². The fourth-order valence-corrected chi connectivity index (χ4v) is 8.32. The summed E-state index contributed by atoms with van der Waals surface area (Å²) < 4.78 is 12.7. The molecule has 0 heterocycles. The second-order valence-corrected chi connectivity index (χ2v) is 12.4. The Morgan fingerprint density at radius 2 is 1.11 bits per heavy atom. The van der Waals surface area contributed by atoms with E-state index < -0.39 is 8.32 Å². The van der Waals surface area contributed by atoms with Gasteiger partial charge in [0.05, 0.1) is 19.8 Å². The van der Waals surface area contributed by atoms with Crippen molar-refractivity contribution in [3.8, 4) is 0 Å². The lowest BCUT2D eigenvalue weighted by Crippen LogP contribution is -2.66. The van der Waals surface area contributed by atoms with E-state index in [0.717, 1.165) is 0 Å². The average Bonchev–Trinajstić information content (AvgIpc) is 2.72. The molecular formula is C25H30O2Si. The summed E-state index contributed by atoms with van der Waals surface area (Å²) in [7, 11) is -2.46. The molecule has 28 heavy (non-hydrogen) atoms. The Labute approximate surface area is 170 Å². The summed E-state index contributed by atoms with van der Waals surface area (Å²) >= 11 is 0. The van der Waals surface area contributed by atoms with Crippen molar-refractivity contribution in [1.82, 2.24) is 0 Å². The number of ether oxygens (including phenoxy) is 1. The van der Waals surface area contributed by atoms with Crippen molar-refractivity contribution in [2.75, 3.05) is 13.2 Å². The number of benzene rings is 3. The molecule has 0 radical (unpaired) electrons. The molecule has 0 fully saturated rings. The molecule has 0 aliphatic carbocycles. The smallest absolute Gasteiger partial charge is 0.261 e. The fraction of sp³-hybridized carbons (Fsp3) is 0.280. The molecule has 3 aromatic rings. The maximum absolute atomic E-state index is 6.82. The highest BCUT2D eigenvalue weighted by molar-refractivity contribution is 6.99. The molecule has 0 aromatic heterocycles. The number of hydrogen-bond donors (Lipinski definition) is 0. The molecule has 0 amide bonds. The highest BCUT2D eigenvalue weighted by Gasteiger charge is 2.49. The lowest BCUT2D eigenvalue weighted by molar-refractivity contribution is 0.0859. The van der Waals surface area contributed by atoms with Gasteiger partial charge in [-0.05, 0) is 21.0 Å². The van der Waals surface area contributed by atoms with Crippen LogP contribution in [0.5, 0.6) is 0 Å². The molecule has 0 N–H and O–H groups in total. The van der Waals surface area contributed by atoms with E-state index in [1.54, 1.807) is 0 Å². The van der Waals surface area contributed by atoms with E-state index in [4.69, 9.17) is 9.16 Å². The van der Waals surface area contributed by atoms with Crippen LogP contribution in [0.4, 0.5) is 0 Å². The first kappa shape index (κ1) is 20.5. The van der Waals surface area contributed by atoms with Gasteiger partial charge in [-0.1, -0.05) is 112 Å². The van der Waals surface area contributed by atoms with E-state index in [-0.39, 0.29) is 5.04 Å². The highest BCUT2D eigenvalue weighted by atomic mass is 28.4. The molecule has 3 heteroatoms. The summed E-state index contributed by atoms with van der Waals surface area (Å²) in [5.41, 5.74) is 1.19. The first-order chi connectivity index (χ1) is 13.5. The van der Waals surface area contributed by atoms with Gasteiger partial charge in [0.2, 0.25) is 0 Å². The molecule has 2 nitrogen and oxygen atoms in total. The van der Waals surface area contributed by atoms with Gasteiger partial charge in [-0.2, -0.15) is 0 Å². The molecule has 3 aromatic carbocycles. The molecule has 0 saturated carbocycles. The Bertz CT molecular complexity index is 787. The maximum Gasteiger partial charge on any atom is 0.261 e. The van der Waals surface area contributed by atoms with E-state index in [1.807, 2.05) is 18.2 Å². The summed E-state index contributed by atoms with van der Waals surface area (Å²) in [6.07, 6.45) is 0. The van der Waals surface area contributed by atoms with Crippen molar-refractivity contribution in [3.05, 3.63) is 96.6 Å². The third-order valence-corrected chi connectivity index (χ3v) is 10.1. The summed E-state index contributed by atoms with van der Waals surface area (Å²) in [5, 5.41) is 2.60. The Morgan fingerprint density at radius 1 is 0.643 bits per heavy atom. The van der Waals surface area contributed by atoms with Crippen molar-refractivity contribution in [1.29, 1.82) is 0 Å². The summed E-state index contributed by atoms with van der Waals surface area (Å²) in [4.78, 5) is 0. The predicted octanol–water partition coefficient (Wildman–Crippen LogP) is 4.78. The summed E-state index contributed by atoms with van der Waals surface area (Å²) in [5.74, 6) is 0. The van der Waals surface area contributed by atoms with E-state index in [2.05, 4.69) is 93.6 Å². The minimum Gasteiger partial charge on any atom is -0.405 e. The Morgan fingerprint density at radius 3 is 1.57 bits per heavy atom. The molecular weight excluding hydrogens is 360 g/mol. The molecule has 0 aliphatic rings. The van der Waals surface area contributed by atoms with Gasteiger partial charge in [0.15, 0.2) is 0 Å². The van der Waals surface area contributed by atoms with Crippen LogP contribution in [0.1, 0.15) is 26.3 Å². The maximum atomic E-state index is 6.82. The molecule has 0 bridgehead atoms. The van der Waals surface area contributed by atoms with E-state index in [1.165, 1.54) is 15.9 Å². The Hall–Kier alpha value is -2.20. The predicted molar refractivity (Wildman–Crippen MR) is 120 cm³/mol. The zero-order chi connectivity index (χ0) is 19.9. The van der Waals surface area contributed by atoms with Gasteiger partial charge in [-0.15, -0.1) is 0 Å². The Kier molecular flexibility index (Phi) is 6.84. The molecule has 146 valence electrons. The van der Waals surface area contributed by atoms with E-state index in [0.29, 0.717) is 19.8 Å². The van der Waals surface area contributed by atoms with Crippen LogP contribution in [-0.2, 0) is 15.8 Å². The molecule has 0 spiro atoms. The van der Waals surface area contributed by atoms with Gasteiger partial charge in [0, 0.05) is 0 Å². The number of hydrogen-bond acceptors (Lipinski definition) is 2. The quantitative estimate of drug-likeness (QED) is 0.407. The van der Waals surface area contributed by atoms with Gasteiger partial charge in [-0.25, -0.2) is 0 Å². The molecule has 0 unspecified atom stereocenters. The molecule has 0 saturated heterocycles.